The van der Waals surface area contributed by atoms with Crippen LogP contribution in [0.25, 0.3) is 5.69 Å². The first-order chi connectivity index (χ1) is 13.6. The van der Waals surface area contributed by atoms with Gasteiger partial charge in [-0.15, -0.1) is 0 Å². The topological polar surface area (TPSA) is 74.6 Å². The summed E-state index contributed by atoms with van der Waals surface area (Å²) in [5.74, 6) is 0.958. The smallest absolute Gasteiger partial charge is 0.255 e. The number of benzene rings is 2. The zero-order valence-electron chi connectivity index (χ0n) is 16.3. The number of ether oxygens (including phenoxy) is 3. The summed E-state index contributed by atoms with van der Waals surface area (Å²) < 4.78 is 17.9. The van der Waals surface area contributed by atoms with Crippen LogP contribution in [-0.4, -0.2) is 36.8 Å². The lowest BCUT2D eigenvalue weighted by Gasteiger charge is -2.18. The Labute approximate surface area is 163 Å². The number of rotatable bonds is 7. The molecule has 0 bridgehead atoms. The second kappa shape index (κ2) is 8.47. The highest BCUT2D eigenvalue weighted by Gasteiger charge is 2.22. The van der Waals surface area contributed by atoms with E-state index in [4.69, 9.17) is 14.2 Å². The number of amides is 1. The van der Waals surface area contributed by atoms with E-state index in [1.165, 1.54) is 21.3 Å². The third kappa shape index (κ3) is 3.78. The number of nitrogens with zero attached hydrogens (tertiary/aromatic N) is 2. The third-order valence-electron chi connectivity index (χ3n) is 4.49. The summed E-state index contributed by atoms with van der Waals surface area (Å²) in [6, 6.07) is 11.1. The Morgan fingerprint density at radius 3 is 2.29 bits per heavy atom. The van der Waals surface area contributed by atoms with E-state index in [-0.39, 0.29) is 11.9 Å². The van der Waals surface area contributed by atoms with E-state index in [0.29, 0.717) is 22.8 Å². The monoisotopic (exact) mass is 381 g/mol. The molecule has 1 atom stereocenters. The highest BCUT2D eigenvalue weighted by Crippen LogP contribution is 2.39. The van der Waals surface area contributed by atoms with Gasteiger partial charge >= 0.3 is 0 Å². The van der Waals surface area contributed by atoms with E-state index in [1.54, 1.807) is 24.7 Å². The molecule has 0 radical (unpaired) electrons. The van der Waals surface area contributed by atoms with Gasteiger partial charge in [-0.1, -0.05) is 12.1 Å². The molecule has 0 aliphatic carbocycles. The first kappa shape index (κ1) is 19.3. The van der Waals surface area contributed by atoms with E-state index in [2.05, 4.69) is 10.3 Å². The standard InChI is InChI=1S/C21H23N3O4/c1-14(15-5-7-16(8-6-15)24-12-11-22-13-24)23-21(25)17-9-10-18(26-2)20(28-4)19(17)27-3/h5-14H,1-4H3,(H,23,25). The van der Waals surface area contributed by atoms with Crippen molar-refractivity contribution in [1.29, 1.82) is 0 Å². The van der Waals surface area contributed by atoms with Crippen LogP contribution in [-0.2, 0) is 0 Å². The van der Waals surface area contributed by atoms with Gasteiger partial charge in [0.2, 0.25) is 5.75 Å². The van der Waals surface area contributed by atoms with Gasteiger partial charge in [0.1, 0.15) is 0 Å². The molecule has 28 heavy (non-hydrogen) atoms. The van der Waals surface area contributed by atoms with Crippen LogP contribution in [0.3, 0.4) is 0 Å². The summed E-state index contributed by atoms with van der Waals surface area (Å²) in [6.07, 6.45) is 5.35. The minimum atomic E-state index is -0.260. The molecule has 146 valence electrons. The van der Waals surface area contributed by atoms with Crippen molar-refractivity contribution in [3.63, 3.8) is 0 Å². The van der Waals surface area contributed by atoms with Crippen molar-refractivity contribution < 1.29 is 19.0 Å². The van der Waals surface area contributed by atoms with Crippen LogP contribution in [0.1, 0.15) is 28.9 Å². The molecule has 2 aromatic carbocycles. The Bertz CT molecular complexity index is 937. The predicted molar refractivity (Wildman–Crippen MR) is 106 cm³/mol. The number of hydrogen-bond donors (Lipinski definition) is 1. The fourth-order valence-electron chi connectivity index (χ4n) is 2.98. The largest absolute Gasteiger partial charge is 0.493 e. The molecule has 1 heterocycles. The molecule has 0 aliphatic heterocycles. The van der Waals surface area contributed by atoms with E-state index >= 15 is 0 Å². The van der Waals surface area contributed by atoms with Gasteiger partial charge in [-0.25, -0.2) is 4.98 Å². The molecule has 0 saturated heterocycles. The predicted octanol–water partition coefficient (Wildman–Crippen LogP) is 3.39. The van der Waals surface area contributed by atoms with Gasteiger partial charge in [0.25, 0.3) is 5.91 Å². The van der Waals surface area contributed by atoms with Crippen LogP contribution in [0.4, 0.5) is 0 Å². The molecular weight excluding hydrogens is 358 g/mol. The highest BCUT2D eigenvalue weighted by molar-refractivity contribution is 5.98. The zero-order valence-corrected chi connectivity index (χ0v) is 16.3. The van der Waals surface area contributed by atoms with Crippen molar-refractivity contribution in [3.05, 3.63) is 66.2 Å². The van der Waals surface area contributed by atoms with Crippen LogP contribution in [0, 0.1) is 0 Å². The van der Waals surface area contributed by atoms with Gasteiger partial charge in [0, 0.05) is 18.1 Å². The third-order valence-corrected chi connectivity index (χ3v) is 4.49. The maximum absolute atomic E-state index is 12.8. The molecule has 7 nitrogen and oxygen atoms in total. The summed E-state index contributed by atoms with van der Waals surface area (Å²) in [7, 11) is 4.53. The lowest BCUT2D eigenvalue weighted by atomic mass is 10.1. The van der Waals surface area contributed by atoms with Crippen molar-refractivity contribution in [2.75, 3.05) is 21.3 Å². The molecule has 1 aromatic heterocycles. The molecule has 0 spiro atoms. The molecule has 3 aromatic rings. The summed E-state index contributed by atoms with van der Waals surface area (Å²) >= 11 is 0. The number of carbonyl (C=O) groups excluding carboxylic acids is 1. The van der Waals surface area contributed by atoms with E-state index in [0.717, 1.165) is 11.3 Å². The first-order valence-corrected chi connectivity index (χ1v) is 8.77. The number of carbonyl (C=O) groups is 1. The number of imidazole rings is 1. The normalized spacial score (nSPS) is 11.6. The van der Waals surface area contributed by atoms with Crippen LogP contribution in [0.2, 0.25) is 0 Å². The Kier molecular flexibility index (Phi) is 5.84. The number of aromatic nitrogens is 2. The Balaban J connectivity index is 1.79. The molecule has 7 heteroatoms. The molecule has 1 N–H and O–H groups in total. The average Bonchev–Trinajstić information content (AvgIpc) is 3.27. The molecule has 3 rings (SSSR count). The zero-order chi connectivity index (χ0) is 20.1. The quantitative estimate of drug-likeness (QED) is 0.679. The van der Waals surface area contributed by atoms with Gasteiger partial charge in [0.05, 0.1) is 39.3 Å². The molecule has 0 fully saturated rings. The Morgan fingerprint density at radius 1 is 1.00 bits per heavy atom. The van der Waals surface area contributed by atoms with Gasteiger partial charge in [-0.05, 0) is 36.8 Å². The molecular formula is C21H23N3O4. The second-order valence-electron chi connectivity index (χ2n) is 6.14. The van der Waals surface area contributed by atoms with Gasteiger partial charge in [0.15, 0.2) is 11.5 Å². The first-order valence-electron chi connectivity index (χ1n) is 8.77. The number of nitrogens with one attached hydrogen (secondary N) is 1. The Morgan fingerprint density at radius 2 is 1.71 bits per heavy atom. The van der Waals surface area contributed by atoms with E-state index in [1.807, 2.05) is 42.0 Å². The lowest BCUT2D eigenvalue weighted by molar-refractivity contribution is 0.0936. The van der Waals surface area contributed by atoms with Crippen LogP contribution < -0.4 is 19.5 Å². The summed E-state index contributed by atoms with van der Waals surface area (Å²) in [4.78, 5) is 16.9. The minimum Gasteiger partial charge on any atom is -0.493 e. The van der Waals surface area contributed by atoms with Crippen molar-refractivity contribution in [1.82, 2.24) is 14.9 Å². The van der Waals surface area contributed by atoms with Crippen LogP contribution >= 0.6 is 0 Å². The molecule has 1 amide bonds. The van der Waals surface area contributed by atoms with Crippen molar-refractivity contribution in [2.45, 2.75) is 13.0 Å². The van der Waals surface area contributed by atoms with Gasteiger partial charge in [-0.3, -0.25) is 4.79 Å². The Hall–Kier alpha value is -3.48. The van der Waals surface area contributed by atoms with E-state index < -0.39 is 0 Å². The lowest BCUT2D eigenvalue weighted by Crippen LogP contribution is -2.27. The maximum atomic E-state index is 12.8. The summed E-state index contributed by atoms with van der Waals surface area (Å²) in [6.45, 7) is 1.93. The fraction of sp³-hybridized carbons (Fsp3) is 0.238. The number of methoxy groups -OCH3 is 3. The average molecular weight is 381 g/mol. The number of hydrogen-bond acceptors (Lipinski definition) is 5. The molecule has 0 aliphatic rings. The van der Waals surface area contributed by atoms with Gasteiger partial charge < -0.3 is 24.1 Å². The van der Waals surface area contributed by atoms with Crippen molar-refractivity contribution in [2.24, 2.45) is 0 Å². The van der Waals surface area contributed by atoms with Crippen LogP contribution in [0.15, 0.2) is 55.1 Å². The maximum Gasteiger partial charge on any atom is 0.255 e. The van der Waals surface area contributed by atoms with Gasteiger partial charge in [-0.2, -0.15) is 0 Å². The van der Waals surface area contributed by atoms with Crippen molar-refractivity contribution in [3.8, 4) is 22.9 Å². The minimum absolute atomic E-state index is 0.192. The molecule has 0 saturated carbocycles. The SMILES string of the molecule is COc1ccc(C(=O)NC(C)c2ccc(-n3ccnc3)cc2)c(OC)c1OC. The second-order valence-corrected chi connectivity index (χ2v) is 6.14. The van der Waals surface area contributed by atoms with Crippen molar-refractivity contribution >= 4 is 5.91 Å². The van der Waals surface area contributed by atoms with E-state index in [9.17, 15) is 4.79 Å². The highest BCUT2D eigenvalue weighted by atomic mass is 16.5. The summed E-state index contributed by atoms with van der Waals surface area (Å²) in [5.41, 5.74) is 2.36. The fourth-order valence-corrected chi connectivity index (χ4v) is 2.98. The molecule has 1 unspecified atom stereocenters. The van der Waals surface area contributed by atoms with Crippen LogP contribution in [0.5, 0.6) is 17.2 Å². The summed E-state index contributed by atoms with van der Waals surface area (Å²) in [5, 5.41) is 3.00.